The molecule has 0 radical (unpaired) electrons. The molecule has 0 spiro atoms. The smallest absolute Gasteiger partial charge is 0.339 e. The quantitative estimate of drug-likeness (QED) is 0.880. The van der Waals surface area contributed by atoms with Crippen molar-refractivity contribution in [3.05, 3.63) is 46.8 Å². The van der Waals surface area contributed by atoms with E-state index in [0.717, 1.165) is 17.0 Å². The molecule has 0 aliphatic rings. The first kappa shape index (κ1) is 16.7. The van der Waals surface area contributed by atoms with E-state index in [2.05, 4.69) is 10.4 Å². The molecule has 1 heterocycles. The molecular formula is C17H21N3O3. The summed E-state index contributed by atoms with van der Waals surface area (Å²) in [5.41, 5.74) is 3.48. The molecule has 6 heteroatoms. The van der Waals surface area contributed by atoms with Crippen LogP contribution in [0.4, 0.5) is 5.69 Å². The minimum absolute atomic E-state index is 0.383. The molecular weight excluding hydrogens is 294 g/mol. The summed E-state index contributed by atoms with van der Waals surface area (Å²) in [5, 5.41) is 7.01. The summed E-state index contributed by atoms with van der Waals surface area (Å²) in [6.07, 6.45) is -0.902. The predicted molar refractivity (Wildman–Crippen MR) is 87.4 cm³/mol. The highest BCUT2D eigenvalue weighted by Crippen LogP contribution is 2.19. The zero-order chi connectivity index (χ0) is 17.1. The fourth-order valence-corrected chi connectivity index (χ4v) is 2.26. The van der Waals surface area contributed by atoms with E-state index in [0.29, 0.717) is 11.3 Å². The molecule has 0 saturated carbocycles. The maximum Gasteiger partial charge on any atom is 0.339 e. The molecule has 1 aromatic heterocycles. The number of hydrogen-bond donors (Lipinski definition) is 1. The number of benzene rings is 1. The van der Waals surface area contributed by atoms with Gasteiger partial charge in [0.15, 0.2) is 6.10 Å². The number of amides is 1. The number of ether oxygens (including phenoxy) is 1. The van der Waals surface area contributed by atoms with Crippen molar-refractivity contribution in [2.24, 2.45) is 7.05 Å². The van der Waals surface area contributed by atoms with Crippen molar-refractivity contribution in [3.8, 4) is 0 Å². The van der Waals surface area contributed by atoms with E-state index >= 15 is 0 Å². The summed E-state index contributed by atoms with van der Waals surface area (Å²) in [6, 6.07) is 7.11. The standard InChI is InChI=1S/C17H21N3O3/c1-10-8-6-7-9-14(10)17(22)23-13(4)16(21)18-15-11(2)19-20(5)12(15)3/h6-9,13H,1-5H3,(H,18,21)/t13-/m1/s1. The average Bonchev–Trinajstić information content (AvgIpc) is 2.73. The lowest BCUT2D eigenvalue weighted by Crippen LogP contribution is -2.30. The highest BCUT2D eigenvalue weighted by Gasteiger charge is 2.22. The van der Waals surface area contributed by atoms with Crippen LogP contribution in [-0.2, 0) is 16.6 Å². The van der Waals surface area contributed by atoms with E-state index in [1.165, 1.54) is 0 Å². The lowest BCUT2D eigenvalue weighted by atomic mass is 10.1. The summed E-state index contributed by atoms with van der Waals surface area (Å²) in [4.78, 5) is 24.4. The largest absolute Gasteiger partial charge is 0.449 e. The number of rotatable bonds is 4. The van der Waals surface area contributed by atoms with Crippen LogP contribution in [0.2, 0.25) is 0 Å². The molecule has 23 heavy (non-hydrogen) atoms. The highest BCUT2D eigenvalue weighted by atomic mass is 16.5. The first-order chi connectivity index (χ1) is 10.8. The van der Waals surface area contributed by atoms with Gasteiger partial charge in [0.25, 0.3) is 5.91 Å². The molecule has 122 valence electrons. The SMILES string of the molecule is Cc1ccccc1C(=O)O[C@H](C)C(=O)Nc1c(C)nn(C)c1C. The van der Waals surface area contributed by atoms with Gasteiger partial charge in [-0.2, -0.15) is 5.10 Å². The summed E-state index contributed by atoms with van der Waals surface area (Å²) in [5.74, 6) is -0.892. The fourth-order valence-electron chi connectivity index (χ4n) is 2.26. The number of nitrogens with one attached hydrogen (secondary N) is 1. The van der Waals surface area contributed by atoms with Crippen LogP contribution in [0.3, 0.4) is 0 Å². The molecule has 1 aromatic carbocycles. The monoisotopic (exact) mass is 315 g/mol. The van der Waals surface area contributed by atoms with E-state index in [9.17, 15) is 9.59 Å². The highest BCUT2D eigenvalue weighted by molar-refractivity contribution is 5.98. The van der Waals surface area contributed by atoms with Crippen molar-refractivity contribution in [1.82, 2.24) is 9.78 Å². The van der Waals surface area contributed by atoms with Gasteiger partial charge in [0.05, 0.1) is 22.6 Å². The Hall–Kier alpha value is -2.63. The van der Waals surface area contributed by atoms with Crippen molar-refractivity contribution >= 4 is 17.6 Å². The Morgan fingerprint density at radius 3 is 2.43 bits per heavy atom. The zero-order valence-electron chi connectivity index (χ0n) is 14.0. The molecule has 2 rings (SSSR count). The second kappa shape index (κ2) is 6.64. The summed E-state index contributed by atoms with van der Waals surface area (Å²) in [6.45, 7) is 7.04. The Morgan fingerprint density at radius 2 is 1.87 bits per heavy atom. The number of anilines is 1. The van der Waals surface area contributed by atoms with Gasteiger partial charge in [-0.05, 0) is 39.3 Å². The number of aromatic nitrogens is 2. The number of carbonyl (C=O) groups excluding carboxylic acids is 2. The Morgan fingerprint density at radius 1 is 1.22 bits per heavy atom. The van der Waals surface area contributed by atoms with Crippen LogP contribution in [0.1, 0.15) is 34.2 Å². The van der Waals surface area contributed by atoms with Gasteiger partial charge in [0.1, 0.15) is 0 Å². The van der Waals surface area contributed by atoms with Gasteiger partial charge in [-0.15, -0.1) is 0 Å². The van der Waals surface area contributed by atoms with Crippen LogP contribution in [0.5, 0.6) is 0 Å². The summed E-state index contributed by atoms with van der Waals surface area (Å²) < 4.78 is 6.95. The fraction of sp³-hybridized carbons (Fsp3) is 0.353. The van der Waals surface area contributed by atoms with Gasteiger partial charge in [-0.1, -0.05) is 18.2 Å². The topological polar surface area (TPSA) is 73.2 Å². The number of carbonyl (C=O) groups is 2. The zero-order valence-corrected chi connectivity index (χ0v) is 14.0. The second-order valence-corrected chi connectivity index (χ2v) is 5.52. The Balaban J connectivity index is 2.06. The van der Waals surface area contributed by atoms with Gasteiger partial charge in [0, 0.05) is 7.05 Å². The number of esters is 1. The molecule has 1 amide bonds. The third kappa shape index (κ3) is 3.59. The van der Waals surface area contributed by atoms with E-state index in [1.54, 1.807) is 30.8 Å². The van der Waals surface area contributed by atoms with Crippen molar-refractivity contribution < 1.29 is 14.3 Å². The normalized spacial score (nSPS) is 11.9. The molecule has 0 unspecified atom stereocenters. The van der Waals surface area contributed by atoms with Gasteiger partial charge in [0.2, 0.25) is 0 Å². The maximum absolute atomic E-state index is 12.3. The van der Waals surface area contributed by atoms with Gasteiger partial charge in [-0.25, -0.2) is 4.79 Å². The van der Waals surface area contributed by atoms with Crippen LogP contribution < -0.4 is 5.32 Å². The van der Waals surface area contributed by atoms with Crippen LogP contribution in [-0.4, -0.2) is 27.8 Å². The van der Waals surface area contributed by atoms with E-state index in [4.69, 9.17) is 4.74 Å². The van der Waals surface area contributed by atoms with Crippen molar-refractivity contribution in [2.75, 3.05) is 5.32 Å². The number of hydrogen-bond acceptors (Lipinski definition) is 4. The van der Waals surface area contributed by atoms with Crippen LogP contribution in [0, 0.1) is 20.8 Å². The molecule has 6 nitrogen and oxygen atoms in total. The number of aryl methyl sites for hydroxylation is 3. The Kier molecular flexibility index (Phi) is 4.83. The Bertz CT molecular complexity index is 750. The third-order valence-corrected chi connectivity index (χ3v) is 3.78. The van der Waals surface area contributed by atoms with Crippen molar-refractivity contribution in [2.45, 2.75) is 33.8 Å². The lowest BCUT2D eigenvalue weighted by Gasteiger charge is -2.14. The second-order valence-electron chi connectivity index (χ2n) is 5.52. The van der Waals surface area contributed by atoms with E-state index < -0.39 is 12.1 Å². The molecule has 0 aliphatic heterocycles. The molecule has 0 saturated heterocycles. The molecule has 0 aliphatic carbocycles. The van der Waals surface area contributed by atoms with Crippen LogP contribution >= 0.6 is 0 Å². The van der Waals surface area contributed by atoms with Crippen LogP contribution in [0.25, 0.3) is 0 Å². The summed E-state index contributed by atoms with van der Waals surface area (Å²) >= 11 is 0. The first-order valence-electron chi connectivity index (χ1n) is 7.39. The average molecular weight is 315 g/mol. The van der Waals surface area contributed by atoms with Crippen molar-refractivity contribution in [3.63, 3.8) is 0 Å². The molecule has 2 aromatic rings. The third-order valence-electron chi connectivity index (χ3n) is 3.78. The predicted octanol–water partition coefficient (Wildman–Crippen LogP) is 2.53. The van der Waals surface area contributed by atoms with Crippen molar-refractivity contribution in [1.29, 1.82) is 0 Å². The maximum atomic E-state index is 12.3. The molecule has 1 N–H and O–H groups in total. The summed E-state index contributed by atoms with van der Waals surface area (Å²) in [7, 11) is 1.81. The van der Waals surface area contributed by atoms with Gasteiger partial charge < -0.3 is 10.1 Å². The number of nitrogens with zero attached hydrogens (tertiary/aromatic N) is 2. The van der Waals surface area contributed by atoms with E-state index in [-0.39, 0.29) is 5.91 Å². The molecule has 0 fully saturated rings. The van der Waals surface area contributed by atoms with Gasteiger partial charge >= 0.3 is 5.97 Å². The minimum Gasteiger partial charge on any atom is -0.449 e. The lowest BCUT2D eigenvalue weighted by molar-refractivity contribution is -0.123. The minimum atomic E-state index is -0.902. The first-order valence-corrected chi connectivity index (χ1v) is 7.39. The molecule has 1 atom stereocenters. The van der Waals surface area contributed by atoms with Crippen LogP contribution in [0.15, 0.2) is 24.3 Å². The molecule has 0 bridgehead atoms. The van der Waals surface area contributed by atoms with E-state index in [1.807, 2.05) is 32.9 Å². The van der Waals surface area contributed by atoms with Gasteiger partial charge in [-0.3, -0.25) is 9.48 Å². The Labute approximate surface area is 135 Å².